The van der Waals surface area contributed by atoms with E-state index < -0.39 is 0 Å². The average molecular weight is 196 g/mol. The number of para-hydroxylation sites is 1. The molecule has 0 saturated carbocycles. The Balaban J connectivity index is 2.86. The van der Waals surface area contributed by atoms with E-state index in [9.17, 15) is 0 Å². The van der Waals surface area contributed by atoms with Gasteiger partial charge in [-0.05, 0) is 26.0 Å². The molecule has 0 heterocycles. The van der Waals surface area contributed by atoms with Crippen LogP contribution >= 0.6 is 11.6 Å². The maximum absolute atomic E-state index is 5.99. The maximum Gasteiger partial charge on any atom is 0.0637 e. The number of anilines is 1. The Morgan fingerprint density at radius 1 is 1.38 bits per heavy atom. The molecule has 0 fully saturated rings. The number of halogens is 1. The third kappa shape index (κ3) is 2.78. The van der Waals surface area contributed by atoms with E-state index in [-0.39, 0.29) is 5.54 Å². The van der Waals surface area contributed by atoms with E-state index in [0.717, 1.165) is 10.7 Å². The Bertz CT molecular complexity index is 305. The quantitative estimate of drug-likeness (QED) is 0.725. The third-order valence-corrected chi connectivity index (χ3v) is 2.17. The number of benzene rings is 1. The molecule has 0 aliphatic rings. The Hall–Kier alpha value is -0.950. The number of hydrogen-bond acceptors (Lipinski definition) is 1. The highest BCUT2D eigenvalue weighted by Gasteiger charge is 2.12. The van der Waals surface area contributed by atoms with E-state index in [4.69, 9.17) is 11.6 Å². The van der Waals surface area contributed by atoms with Gasteiger partial charge in [0.05, 0.1) is 10.7 Å². The van der Waals surface area contributed by atoms with E-state index in [1.54, 1.807) is 0 Å². The first kappa shape index (κ1) is 10.1. The lowest BCUT2D eigenvalue weighted by Crippen LogP contribution is -2.27. The van der Waals surface area contributed by atoms with Gasteiger partial charge in [0.15, 0.2) is 0 Å². The molecule has 0 unspecified atom stereocenters. The lowest BCUT2D eigenvalue weighted by molar-refractivity contribution is 0.715. The molecule has 0 aliphatic heterocycles. The summed E-state index contributed by atoms with van der Waals surface area (Å²) in [5, 5.41) is 4.02. The fourth-order valence-electron chi connectivity index (χ4n) is 0.961. The highest BCUT2D eigenvalue weighted by atomic mass is 35.5. The summed E-state index contributed by atoms with van der Waals surface area (Å²) in [5.41, 5.74) is 0.805. The van der Waals surface area contributed by atoms with Crippen molar-refractivity contribution in [2.24, 2.45) is 0 Å². The van der Waals surface area contributed by atoms with Crippen molar-refractivity contribution in [2.45, 2.75) is 19.4 Å². The van der Waals surface area contributed by atoms with Gasteiger partial charge in [-0.15, -0.1) is 6.58 Å². The lowest BCUT2D eigenvalue weighted by Gasteiger charge is -2.23. The molecule has 0 bridgehead atoms. The Morgan fingerprint density at radius 3 is 2.54 bits per heavy atom. The van der Waals surface area contributed by atoms with Gasteiger partial charge in [-0.3, -0.25) is 0 Å². The highest BCUT2D eigenvalue weighted by molar-refractivity contribution is 6.33. The largest absolute Gasteiger partial charge is 0.376 e. The topological polar surface area (TPSA) is 12.0 Å². The van der Waals surface area contributed by atoms with Crippen molar-refractivity contribution in [3.63, 3.8) is 0 Å². The SMILES string of the molecule is C=CC(C)(C)Nc1ccccc1Cl. The molecule has 1 aromatic rings. The van der Waals surface area contributed by atoms with Gasteiger partial charge in [0.2, 0.25) is 0 Å². The summed E-state index contributed by atoms with van der Waals surface area (Å²) in [6, 6.07) is 7.68. The molecule has 1 aromatic carbocycles. The van der Waals surface area contributed by atoms with Gasteiger partial charge in [-0.2, -0.15) is 0 Å². The highest BCUT2D eigenvalue weighted by Crippen LogP contribution is 2.24. The molecule has 0 spiro atoms. The van der Waals surface area contributed by atoms with Crippen molar-refractivity contribution in [3.8, 4) is 0 Å². The summed E-state index contributed by atoms with van der Waals surface area (Å²) >= 11 is 5.99. The molecule has 0 amide bonds. The number of hydrogen-bond donors (Lipinski definition) is 1. The van der Waals surface area contributed by atoms with Gasteiger partial charge in [0.1, 0.15) is 0 Å². The van der Waals surface area contributed by atoms with E-state index in [1.807, 2.05) is 44.2 Å². The zero-order chi connectivity index (χ0) is 9.90. The molecule has 2 heteroatoms. The Labute approximate surface area is 84.4 Å². The Kier molecular flexibility index (Phi) is 2.99. The van der Waals surface area contributed by atoms with Gasteiger partial charge in [0, 0.05) is 5.54 Å². The van der Waals surface area contributed by atoms with Crippen molar-refractivity contribution < 1.29 is 0 Å². The summed E-state index contributed by atoms with van der Waals surface area (Å²) in [6.45, 7) is 7.84. The summed E-state index contributed by atoms with van der Waals surface area (Å²) < 4.78 is 0. The van der Waals surface area contributed by atoms with Gasteiger partial charge >= 0.3 is 0 Å². The van der Waals surface area contributed by atoms with Crippen LogP contribution in [0.3, 0.4) is 0 Å². The van der Waals surface area contributed by atoms with Crippen LogP contribution in [-0.4, -0.2) is 5.54 Å². The second-order valence-corrected chi connectivity index (χ2v) is 3.94. The zero-order valence-electron chi connectivity index (χ0n) is 7.97. The second-order valence-electron chi connectivity index (χ2n) is 3.53. The molecule has 0 radical (unpaired) electrons. The van der Waals surface area contributed by atoms with E-state index in [1.165, 1.54) is 0 Å². The van der Waals surface area contributed by atoms with Gasteiger partial charge < -0.3 is 5.32 Å². The number of nitrogens with one attached hydrogen (secondary N) is 1. The van der Waals surface area contributed by atoms with Gasteiger partial charge in [-0.25, -0.2) is 0 Å². The van der Waals surface area contributed by atoms with E-state index >= 15 is 0 Å². The van der Waals surface area contributed by atoms with Crippen LogP contribution in [0.25, 0.3) is 0 Å². The molecule has 1 nitrogen and oxygen atoms in total. The molecule has 0 atom stereocenters. The van der Waals surface area contributed by atoms with Crippen molar-refractivity contribution in [2.75, 3.05) is 5.32 Å². The van der Waals surface area contributed by atoms with E-state index in [0.29, 0.717) is 0 Å². The maximum atomic E-state index is 5.99. The van der Waals surface area contributed by atoms with Crippen molar-refractivity contribution in [1.29, 1.82) is 0 Å². The third-order valence-electron chi connectivity index (χ3n) is 1.84. The monoisotopic (exact) mass is 195 g/mol. The van der Waals surface area contributed by atoms with Crippen LogP contribution in [0.1, 0.15) is 13.8 Å². The first-order valence-corrected chi connectivity index (χ1v) is 4.59. The minimum absolute atomic E-state index is 0.134. The van der Waals surface area contributed by atoms with Gasteiger partial charge in [-0.1, -0.05) is 29.8 Å². The average Bonchev–Trinajstić information content (AvgIpc) is 2.09. The van der Waals surface area contributed by atoms with Crippen LogP contribution in [0.15, 0.2) is 36.9 Å². The molecular formula is C11H14ClN. The van der Waals surface area contributed by atoms with Gasteiger partial charge in [0.25, 0.3) is 0 Å². The van der Waals surface area contributed by atoms with Crippen LogP contribution in [0.2, 0.25) is 5.02 Å². The van der Waals surface area contributed by atoms with E-state index in [2.05, 4.69) is 11.9 Å². The van der Waals surface area contributed by atoms with Crippen LogP contribution in [0, 0.1) is 0 Å². The predicted molar refractivity (Wildman–Crippen MR) is 59.4 cm³/mol. The van der Waals surface area contributed by atoms with Crippen molar-refractivity contribution in [1.82, 2.24) is 0 Å². The smallest absolute Gasteiger partial charge is 0.0637 e. The first-order chi connectivity index (χ1) is 6.05. The minimum atomic E-state index is -0.134. The standard InChI is InChI=1S/C11H14ClN/c1-4-11(2,3)13-10-8-6-5-7-9(10)12/h4-8,13H,1H2,2-3H3. The molecule has 0 saturated heterocycles. The first-order valence-electron chi connectivity index (χ1n) is 4.21. The summed E-state index contributed by atoms with van der Waals surface area (Å²) in [4.78, 5) is 0. The molecule has 70 valence electrons. The molecule has 13 heavy (non-hydrogen) atoms. The zero-order valence-corrected chi connectivity index (χ0v) is 8.73. The normalized spacial score (nSPS) is 11.0. The lowest BCUT2D eigenvalue weighted by atomic mass is 10.1. The Morgan fingerprint density at radius 2 is 2.00 bits per heavy atom. The van der Waals surface area contributed by atoms with Crippen LogP contribution in [0.5, 0.6) is 0 Å². The summed E-state index contributed by atoms with van der Waals surface area (Å²) in [7, 11) is 0. The summed E-state index contributed by atoms with van der Waals surface area (Å²) in [6.07, 6.45) is 1.86. The van der Waals surface area contributed by atoms with Crippen molar-refractivity contribution in [3.05, 3.63) is 41.9 Å². The fraction of sp³-hybridized carbons (Fsp3) is 0.273. The van der Waals surface area contributed by atoms with Crippen LogP contribution < -0.4 is 5.32 Å². The molecular weight excluding hydrogens is 182 g/mol. The minimum Gasteiger partial charge on any atom is -0.376 e. The predicted octanol–water partition coefficient (Wildman–Crippen LogP) is 3.72. The molecule has 1 N–H and O–H groups in total. The molecule has 0 aliphatic carbocycles. The molecule has 0 aromatic heterocycles. The summed E-state index contributed by atoms with van der Waals surface area (Å²) in [5.74, 6) is 0. The van der Waals surface area contributed by atoms with Crippen LogP contribution in [-0.2, 0) is 0 Å². The second kappa shape index (κ2) is 3.84. The van der Waals surface area contributed by atoms with Crippen molar-refractivity contribution >= 4 is 17.3 Å². The number of rotatable bonds is 3. The molecule has 1 rings (SSSR count). The fourth-order valence-corrected chi connectivity index (χ4v) is 1.14. The van der Waals surface area contributed by atoms with Crippen LogP contribution in [0.4, 0.5) is 5.69 Å².